The number of ether oxygens (including phenoxy) is 1. The monoisotopic (exact) mass is 405 g/mol. The summed E-state index contributed by atoms with van der Waals surface area (Å²) in [5, 5.41) is 3.73. The van der Waals surface area contributed by atoms with Crippen molar-refractivity contribution in [3.63, 3.8) is 0 Å². The SMILES string of the molecule is Cn1ncc(=O)n(CCCCN2CCN(c3ccccc3OCCF)CC2)c1=O. The molecule has 0 amide bonds. The molecule has 1 saturated heterocycles. The van der Waals surface area contributed by atoms with Crippen LogP contribution in [0.25, 0.3) is 0 Å². The van der Waals surface area contributed by atoms with Gasteiger partial charge in [-0.2, -0.15) is 5.10 Å². The number of hydrogen-bond acceptors (Lipinski definition) is 6. The van der Waals surface area contributed by atoms with E-state index >= 15 is 0 Å². The van der Waals surface area contributed by atoms with Crippen molar-refractivity contribution in [1.29, 1.82) is 0 Å². The normalized spacial score (nSPS) is 14.9. The molecule has 0 bridgehead atoms. The third kappa shape index (κ3) is 5.44. The van der Waals surface area contributed by atoms with Gasteiger partial charge in [0.25, 0.3) is 5.56 Å². The van der Waals surface area contributed by atoms with Gasteiger partial charge in [0.1, 0.15) is 25.2 Å². The topological polar surface area (TPSA) is 72.6 Å². The van der Waals surface area contributed by atoms with Crippen molar-refractivity contribution < 1.29 is 9.13 Å². The number of anilines is 1. The molecule has 0 atom stereocenters. The molecule has 9 heteroatoms. The van der Waals surface area contributed by atoms with Gasteiger partial charge >= 0.3 is 5.69 Å². The maximum Gasteiger partial charge on any atom is 0.347 e. The Kier molecular flexibility index (Phi) is 7.40. The van der Waals surface area contributed by atoms with E-state index in [2.05, 4.69) is 14.9 Å². The number of aromatic nitrogens is 3. The van der Waals surface area contributed by atoms with Crippen LogP contribution in [0.4, 0.5) is 10.1 Å². The molecule has 8 nitrogen and oxygen atoms in total. The van der Waals surface area contributed by atoms with Crippen LogP contribution in [0.3, 0.4) is 0 Å². The minimum atomic E-state index is -0.500. The Morgan fingerprint density at radius 1 is 1.07 bits per heavy atom. The fraction of sp³-hybridized carbons (Fsp3) is 0.550. The van der Waals surface area contributed by atoms with Crippen molar-refractivity contribution in [3.8, 4) is 5.75 Å². The van der Waals surface area contributed by atoms with Crippen molar-refractivity contribution in [3.05, 3.63) is 51.3 Å². The number of rotatable bonds is 9. The minimum Gasteiger partial charge on any atom is -0.489 e. The maximum atomic E-state index is 12.4. The molecule has 2 aromatic rings. The van der Waals surface area contributed by atoms with Crippen LogP contribution >= 0.6 is 0 Å². The average molecular weight is 405 g/mol. The van der Waals surface area contributed by atoms with Gasteiger partial charge in [-0.25, -0.2) is 13.9 Å². The van der Waals surface area contributed by atoms with Gasteiger partial charge in [-0.05, 0) is 31.5 Å². The van der Waals surface area contributed by atoms with Crippen LogP contribution in [0.15, 0.2) is 40.1 Å². The molecule has 1 aliphatic rings. The van der Waals surface area contributed by atoms with Gasteiger partial charge in [0.2, 0.25) is 0 Å². The van der Waals surface area contributed by atoms with Crippen molar-refractivity contribution in [2.45, 2.75) is 19.4 Å². The van der Waals surface area contributed by atoms with Crippen LogP contribution < -0.4 is 20.9 Å². The molecule has 0 saturated carbocycles. The van der Waals surface area contributed by atoms with Crippen molar-refractivity contribution in [2.24, 2.45) is 7.05 Å². The van der Waals surface area contributed by atoms with E-state index in [4.69, 9.17) is 4.74 Å². The molecule has 0 aliphatic carbocycles. The molecule has 0 spiro atoms. The highest BCUT2D eigenvalue weighted by molar-refractivity contribution is 5.58. The molecular weight excluding hydrogens is 377 g/mol. The van der Waals surface area contributed by atoms with E-state index < -0.39 is 6.67 Å². The molecule has 2 heterocycles. The molecule has 3 rings (SSSR count). The van der Waals surface area contributed by atoms with Crippen molar-refractivity contribution in [2.75, 3.05) is 50.9 Å². The Labute approximate surface area is 169 Å². The van der Waals surface area contributed by atoms with Crippen LogP contribution in [-0.4, -0.2) is 65.3 Å². The summed E-state index contributed by atoms with van der Waals surface area (Å²) in [5.74, 6) is 0.725. The number of piperazine rings is 1. The quantitative estimate of drug-likeness (QED) is 0.577. The smallest absolute Gasteiger partial charge is 0.347 e. The summed E-state index contributed by atoms with van der Waals surface area (Å²) in [6.07, 6.45) is 2.85. The average Bonchev–Trinajstić information content (AvgIpc) is 2.75. The lowest BCUT2D eigenvalue weighted by atomic mass is 10.2. The molecule has 1 aromatic heterocycles. The third-order valence-corrected chi connectivity index (χ3v) is 5.13. The number of para-hydroxylation sites is 2. The van der Waals surface area contributed by atoms with Gasteiger partial charge in [0.05, 0.1) is 5.69 Å². The van der Waals surface area contributed by atoms with Gasteiger partial charge in [0.15, 0.2) is 0 Å². The fourth-order valence-corrected chi connectivity index (χ4v) is 3.54. The Bertz CT molecular complexity index is 905. The predicted molar refractivity (Wildman–Crippen MR) is 110 cm³/mol. The standard InChI is InChI=1S/C20H28FN5O3/c1-23-20(28)26(19(27)16-22-23)10-5-4-9-24-11-13-25(14-12-24)17-6-2-3-7-18(17)29-15-8-21/h2-3,6-7,16H,4-5,8-15H2,1H3. The van der Waals surface area contributed by atoms with Gasteiger partial charge in [-0.15, -0.1) is 0 Å². The zero-order valence-corrected chi connectivity index (χ0v) is 16.8. The number of unbranched alkanes of at least 4 members (excludes halogenated alkanes) is 1. The predicted octanol–water partition coefficient (Wildman–Crippen LogP) is 0.893. The van der Waals surface area contributed by atoms with E-state index in [1.807, 2.05) is 24.3 Å². The highest BCUT2D eigenvalue weighted by Crippen LogP contribution is 2.28. The van der Waals surface area contributed by atoms with E-state index in [1.54, 1.807) is 7.05 Å². The molecule has 0 unspecified atom stereocenters. The number of hydrogen-bond donors (Lipinski definition) is 0. The molecule has 1 aromatic carbocycles. The molecule has 0 N–H and O–H groups in total. The first kappa shape index (κ1) is 21.0. The lowest BCUT2D eigenvalue weighted by Crippen LogP contribution is -2.46. The Balaban J connectivity index is 1.45. The number of aryl methyl sites for hydroxylation is 1. The number of alkyl halides is 1. The van der Waals surface area contributed by atoms with Crippen LogP contribution in [0, 0.1) is 0 Å². The first-order chi connectivity index (χ1) is 14.1. The zero-order chi connectivity index (χ0) is 20.6. The summed E-state index contributed by atoms with van der Waals surface area (Å²) in [6.45, 7) is 4.51. The van der Waals surface area contributed by atoms with Gasteiger partial charge in [0, 0.05) is 39.8 Å². The van der Waals surface area contributed by atoms with E-state index in [0.29, 0.717) is 6.54 Å². The van der Waals surface area contributed by atoms with Crippen LogP contribution in [0.2, 0.25) is 0 Å². The number of halogens is 1. The summed E-state index contributed by atoms with van der Waals surface area (Å²) in [7, 11) is 1.54. The van der Waals surface area contributed by atoms with Crippen LogP contribution in [0.1, 0.15) is 12.8 Å². The summed E-state index contributed by atoms with van der Waals surface area (Å²) in [5.41, 5.74) is 0.281. The van der Waals surface area contributed by atoms with Gasteiger partial charge < -0.3 is 9.64 Å². The summed E-state index contributed by atoms with van der Waals surface area (Å²) >= 11 is 0. The van der Waals surface area contributed by atoms with Crippen LogP contribution in [-0.2, 0) is 13.6 Å². The zero-order valence-electron chi connectivity index (χ0n) is 16.8. The number of benzene rings is 1. The Morgan fingerprint density at radius 2 is 1.79 bits per heavy atom. The minimum absolute atomic E-state index is 0.0701. The second-order valence-electron chi connectivity index (χ2n) is 7.08. The molecule has 158 valence electrons. The summed E-state index contributed by atoms with van der Waals surface area (Å²) < 4.78 is 20.4. The molecule has 0 radical (unpaired) electrons. The molecule has 1 fully saturated rings. The van der Waals surface area contributed by atoms with E-state index in [-0.39, 0.29) is 17.9 Å². The highest BCUT2D eigenvalue weighted by Gasteiger charge is 2.19. The van der Waals surface area contributed by atoms with Gasteiger partial charge in [-0.1, -0.05) is 12.1 Å². The Hall–Kier alpha value is -2.68. The second-order valence-corrected chi connectivity index (χ2v) is 7.08. The lowest BCUT2D eigenvalue weighted by Gasteiger charge is -2.36. The summed E-state index contributed by atoms with van der Waals surface area (Å²) in [6, 6.07) is 7.75. The molecular formula is C20H28FN5O3. The van der Waals surface area contributed by atoms with Crippen LogP contribution in [0.5, 0.6) is 5.75 Å². The Morgan fingerprint density at radius 3 is 2.55 bits per heavy atom. The molecule has 29 heavy (non-hydrogen) atoms. The highest BCUT2D eigenvalue weighted by atomic mass is 19.1. The van der Waals surface area contributed by atoms with E-state index in [1.165, 1.54) is 15.4 Å². The van der Waals surface area contributed by atoms with Crippen molar-refractivity contribution >= 4 is 5.69 Å². The fourth-order valence-electron chi connectivity index (χ4n) is 3.54. The third-order valence-electron chi connectivity index (χ3n) is 5.13. The van der Waals surface area contributed by atoms with Crippen molar-refractivity contribution in [1.82, 2.24) is 19.2 Å². The van der Waals surface area contributed by atoms with E-state index in [9.17, 15) is 14.0 Å². The lowest BCUT2D eigenvalue weighted by molar-refractivity contribution is 0.247. The van der Waals surface area contributed by atoms with Gasteiger partial charge in [-0.3, -0.25) is 14.3 Å². The maximum absolute atomic E-state index is 12.4. The largest absolute Gasteiger partial charge is 0.489 e. The molecule has 1 aliphatic heterocycles. The second kappa shape index (κ2) is 10.2. The number of nitrogens with zero attached hydrogens (tertiary/aromatic N) is 5. The first-order valence-electron chi connectivity index (χ1n) is 9.98. The van der Waals surface area contributed by atoms with E-state index in [0.717, 1.165) is 57.0 Å². The summed E-state index contributed by atoms with van der Waals surface area (Å²) in [4.78, 5) is 28.4. The first-order valence-corrected chi connectivity index (χ1v) is 9.98.